The molecule has 0 radical (unpaired) electrons. The summed E-state index contributed by atoms with van der Waals surface area (Å²) in [5.41, 5.74) is 0.800. The number of hydrogen-bond acceptors (Lipinski definition) is 4. The summed E-state index contributed by atoms with van der Waals surface area (Å²) in [6.45, 7) is 1.75. The zero-order valence-electron chi connectivity index (χ0n) is 8.41. The molecule has 1 heterocycles. The molecule has 1 aromatic carbocycles. The highest BCUT2D eigenvalue weighted by Gasteiger charge is 2.02. The minimum atomic E-state index is 0.164. The number of rotatable bonds is 2. The number of halogens is 2. The van der Waals surface area contributed by atoms with Crippen molar-refractivity contribution in [2.75, 3.05) is 5.32 Å². The van der Waals surface area contributed by atoms with Crippen LogP contribution in [0.3, 0.4) is 0 Å². The molecule has 0 saturated carbocycles. The average molecular weight is 255 g/mol. The van der Waals surface area contributed by atoms with Gasteiger partial charge in [-0.25, -0.2) is 4.98 Å². The fraction of sp³-hybridized carbons (Fsp3) is 0.100. The van der Waals surface area contributed by atoms with Gasteiger partial charge >= 0.3 is 0 Å². The molecule has 6 heteroatoms. The van der Waals surface area contributed by atoms with Crippen molar-refractivity contribution in [3.05, 3.63) is 40.4 Å². The molecule has 0 aliphatic carbocycles. The molecule has 1 aromatic heterocycles. The Morgan fingerprint density at radius 3 is 2.62 bits per heavy atom. The molecule has 0 atom stereocenters. The van der Waals surface area contributed by atoms with E-state index in [0.29, 0.717) is 16.8 Å². The fourth-order valence-corrected chi connectivity index (χ4v) is 1.59. The van der Waals surface area contributed by atoms with E-state index in [2.05, 4.69) is 20.3 Å². The molecule has 2 rings (SSSR count). The Bertz CT molecular complexity index is 496. The van der Waals surface area contributed by atoms with Crippen LogP contribution in [0, 0.1) is 6.92 Å². The summed E-state index contributed by atoms with van der Waals surface area (Å²) < 4.78 is 0. The van der Waals surface area contributed by atoms with E-state index >= 15 is 0 Å². The van der Waals surface area contributed by atoms with Crippen LogP contribution in [0.25, 0.3) is 0 Å². The molecule has 0 aliphatic rings. The van der Waals surface area contributed by atoms with E-state index in [1.165, 1.54) is 0 Å². The lowest BCUT2D eigenvalue weighted by Crippen LogP contribution is -2.00. The van der Waals surface area contributed by atoms with Gasteiger partial charge in [0.25, 0.3) is 0 Å². The lowest BCUT2D eigenvalue weighted by atomic mass is 10.3. The molecule has 0 saturated heterocycles. The van der Waals surface area contributed by atoms with E-state index < -0.39 is 0 Å². The second-order valence-corrected chi connectivity index (χ2v) is 3.89. The molecular formula is C10H8Cl2N4. The van der Waals surface area contributed by atoms with Gasteiger partial charge in [0.1, 0.15) is 5.82 Å². The van der Waals surface area contributed by atoms with Crippen molar-refractivity contribution in [1.29, 1.82) is 0 Å². The number of hydrogen-bond donors (Lipinski definition) is 1. The van der Waals surface area contributed by atoms with Crippen LogP contribution < -0.4 is 5.32 Å². The quantitative estimate of drug-likeness (QED) is 0.894. The van der Waals surface area contributed by atoms with Crippen LogP contribution >= 0.6 is 23.2 Å². The Morgan fingerprint density at radius 1 is 1.12 bits per heavy atom. The number of benzene rings is 1. The lowest BCUT2D eigenvalue weighted by molar-refractivity contribution is 0.983. The Morgan fingerprint density at radius 2 is 1.94 bits per heavy atom. The zero-order chi connectivity index (χ0) is 11.5. The molecule has 82 valence electrons. The minimum absolute atomic E-state index is 0.164. The van der Waals surface area contributed by atoms with Crippen molar-refractivity contribution in [3.63, 3.8) is 0 Å². The Balaban J connectivity index is 2.27. The van der Waals surface area contributed by atoms with E-state index in [1.807, 2.05) is 12.1 Å². The Kier molecular flexibility index (Phi) is 3.22. The Hall–Kier alpha value is -1.39. The van der Waals surface area contributed by atoms with Gasteiger partial charge in [0.15, 0.2) is 0 Å². The molecule has 0 spiro atoms. The van der Waals surface area contributed by atoms with E-state index in [9.17, 15) is 0 Å². The summed E-state index contributed by atoms with van der Waals surface area (Å²) in [7, 11) is 0. The SMILES string of the molecule is Cc1nc(Cl)nc(Nc2cccc(Cl)c2)n1. The highest BCUT2D eigenvalue weighted by atomic mass is 35.5. The van der Waals surface area contributed by atoms with Crippen LogP contribution in [0.4, 0.5) is 11.6 Å². The molecule has 16 heavy (non-hydrogen) atoms. The van der Waals surface area contributed by atoms with Gasteiger partial charge in [-0.3, -0.25) is 0 Å². The Labute approximate surface area is 103 Å². The van der Waals surface area contributed by atoms with E-state index in [0.717, 1.165) is 5.69 Å². The maximum absolute atomic E-state index is 5.85. The first-order valence-electron chi connectivity index (χ1n) is 4.54. The summed E-state index contributed by atoms with van der Waals surface area (Å²) >= 11 is 11.6. The van der Waals surface area contributed by atoms with Gasteiger partial charge in [-0.1, -0.05) is 17.7 Å². The molecule has 1 N–H and O–H groups in total. The molecule has 4 nitrogen and oxygen atoms in total. The van der Waals surface area contributed by atoms with Crippen molar-refractivity contribution in [3.8, 4) is 0 Å². The number of anilines is 2. The molecule has 0 fully saturated rings. The number of nitrogens with zero attached hydrogens (tertiary/aromatic N) is 3. The van der Waals surface area contributed by atoms with Crippen LogP contribution in [0.5, 0.6) is 0 Å². The summed E-state index contributed by atoms with van der Waals surface area (Å²) in [5, 5.41) is 3.80. The predicted octanol–water partition coefficient (Wildman–Crippen LogP) is 3.23. The first kappa shape index (κ1) is 11.1. The third-order valence-electron chi connectivity index (χ3n) is 1.80. The van der Waals surface area contributed by atoms with Crippen LogP contribution in [0.1, 0.15) is 5.82 Å². The first-order chi connectivity index (χ1) is 7.63. The number of aryl methyl sites for hydroxylation is 1. The van der Waals surface area contributed by atoms with Gasteiger partial charge in [0.05, 0.1) is 0 Å². The van der Waals surface area contributed by atoms with E-state index in [4.69, 9.17) is 23.2 Å². The largest absolute Gasteiger partial charge is 0.324 e. The topological polar surface area (TPSA) is 50.7 Å². The molecular weight excluding hydrogens is 247 g/mol. The van der Waals surface area contributed by atoms with Gasteiger partial charge in [0.2, 0.25) is 11.2 Å². The molecule has 2 aromatic rings. The van der Waals surface area contributed by atoms with Crippen molar-refractivity contribution in [1.82, 2.24) is 15.0 Å². The second-order valence-electron chi connectivity index (χ2n) is 3.11. The van der Waals surface area contributed by atoms with Gasteiger partial charge in [0, 0.05) is 10.7 Å². The minimum Gasteiger partial charge on any atom is -0.324 e. The van der Waals surface area contributed by atoms with Crippen LogP contribution in [0.15, 0.2) is 24.3 Å². The van der Waals surface area contributed by atoms with Crippen molar-refractivity contribution < 1.29 is 0 Å². The molecule has 0 bridgehead atoms. The van der Waals surface area contributed by atoms with E-state index in [1.54, 1.807) is 19.1 Å². The average Bonchev–Trinajstić information content (AvgIpc) is 2.15. The van der Waals surface area contributed by atoms with Crippen LogP contribution in [0.2, 0.25) is 10.3 Å². The third-order valence-corrected chi connectivity index (χ3v) is 2.20. The second kappa shape index (κ2) is 4.63. The van der Waals surface area contributed by atoms with E-state index in [-0.39, 0.29) is 5.28 Å². The summed E-state index contributed by atoms with van der Waals surface area (Å²) in [5.74, 6) is 0.962. The van der Waals surface area contributed by atoms with Crippen LogP contribution in [-0.4, -0.2) is 15.0 Å². The lowest BCUT2D eigenvalue weighted by Gasteiger charge is -2.05. The molecule has 0 amide bonds. The smallest absolute Gasteiger partial charge is 0.231 e. The predicted molar refractivity (Wildman–Crippen MR) is 64.3 cm³/mol. The van der Waals surface area contributed by atoms with Crippen molar-refractivity contribution >= 4 is 34.8 Å². The van der Waals surface area contributed by atoms with Crippen molar-refractivity contribution in [2.24, 2.45) is 0 Å². The number of nitrogens with one attached hydrogen (secondary N) is 1. The molecule has 0 aliphatic heterocycles. The standard InChI is InChI=1S/C10H8Cl2N4/c1-6-13-9(12)16-10(14-6)15-8-4-2-3-7(11)5-8/h2-5H,1H3,(H,13,14,15,16). The van der Waals surface area contributed by atoms with Gasteiger partial charge in [-0.15, -0.1) is 0 Å². The third kappa shape index (κ3) is 2.81. The normalized spacial score (nSPS) is 10.2. The van der Waals surface area contributed by atoms with Crippen LogP contribution in [-0.2, 0) is 0 Å². The highest BCUT2D eigenvalue weighted by molar-refractivity contribution is 6.30. The van der Waals surface area contributed by atoms with Crippen molar-refractivity contribution in [2.45, 2.75) is 6.92 Å². The van der Waals surface area contributed by atoms with Gasteiger partial charge in [-0.05, 0) is 36.7 Å². The fourth-order valence-electron chi connectivity index (χ4n) is 1.20. The van der Waals surface area contributed by atoms with Gasteiger partial charge in [-0.2, -0.15) is 9.97 Å². The summed E-state index contributed by atoms with van der Waals surface area (Å²) in [6, 6.07) is 7.26. The first-order valence-corrected chi connectivity index (χ1v) is 5.30. The summed E-state index contributed by atoms with van der Waals surface area (Å²) in [4.78, 5) is 11.9. The number of aromatic nitrogens is 3. The zero-order valence-corrected chi connectivity index (χ0v) is 9.92. The maximum atomic E-state index is 5.85. The van der Waals surface area contributed by atoms with Gasteiger partial charge < -0.3 is 5.32 Å². The molecule has 0 unspecified atom stereocenters. The monoisotopic (exact) mass is 254 g/mol. The maximum Gasteiger partial charge on any atom is 0.231 e. The highest BCUT2D eigenvalue weighted by Crippen LogP contribution is 2.18. The summed E-state index contributed by atoms with van der Waals surface area (Å²) in [6.07, 6.45) is 0.